The Balaban J connectivity index is 2.26. The van der Waals surface area contributed by atoms with Crippen LogP contribution in [0.3, 0.4) is 0 Å². The Bertz CT molecular complexity index is 528. The third-order valence-corrected chi connectivity index (χ3v) is 2.79. The van der Waals surface area contributed by atoms with Crippen molar-refractivity contribution in [2.45, 2.75) is 26.3 Å². The van der Waals surface area contributed by atoms with E-state index in [1.165, 1.54) is 10.8 Å². The van der Waals surface area contributed by atoms with Crippen LogP contribution >= 0.6 is 0 Å². The van der Waals surface area contributed by atoms with Gasteiger partial charge in [0.05, 0.1) is 0 Å². The van der Waals surface area contributed by atoms with E-state index < -0.39 is 0 Å². The van der Waals surface area contributed by atoms with E-state index in [4.69, 9.17) is 0 Å². The maximum absolute atomic E-state index is 11.1. The van der Waals surface area contributed by atoms with Crippen LogP contribution in [0.5, 0.6) is 0 Å². The molecule has 88 valence electrons. The zero-order chi connectivity index (χ0) is 12.3. The Morgan fingerprint density at radius 1 is 1.18 bits per heavy atom. The number of hydrogen-bond acceptors (Lipinski definition) is 2. The number of Topliss-reactive ketones (excluding diaryl/α,β-unsaturated/α-hetero) is 1. The van der Waals surface area contributed by atoms with Crippen LogP contribution in [0.15, 0.2) is 42.5 Å². The summed E-state index contributed by atoms with van der Waals surface area (Å²) < 4.78 is 0. The van der Waals surface area contributed by atoms with Gasteiger partial charge >= 0.3 is 0 Å². The molecule has 2 aromatic rings. The third kappa shape index (κ3) is 2.84. The van der Waals surface area contributed by atoms with Crippen molar-refractivity contribution in [3.05, 3.63) is 42.5 Å². The van der Waals surface area contributed by atoms with Gasteiger partial charge in [0, 0.05) is 23.5 Å². The number of benzene rings is 2. The van der Waals surface area contributed by atoms with Crippen LogP contribution in [0.4, 0.5) is 5.69 Å². The molecule has 0 aliphatic carbocycles. The summed E-state index contributed by atoms with van der Waals surface area (Å²) >= 11 is 0. The summed E-state index contributed by atoms with van der Waals surface area (Å²) in [6.45, 7) is 3.66. The fraction of sp³-hybridized carbons (Fsp3) is 0.267. The van der Waals surface area contributed by atoms with Gasteiger partial charge in [0.25, 0.3) is 0 Å². The van der Waals surface area contributed by atoms with Crippen molar-refractivity contribution < 1.29 is 4.79 Å². The number of rotatable bonds is 4. The number of nitrogens with one attached hydrogen (secondary N) is 1. The van der Waals surface area contributed by atoms with Gasteiger partial charge in [-0.1, -0.05) is 36.4 Å². The fourth-order valence-corrected chi connectivity index (χ4v) is 2.10. The van der Waals surface area contributed by atoms with Gasteiger partial charge in [-0.15, -0.1) is 0 Å². The van der Waals surface area contributed by atoms with Gasteiger partial charge in [-0.2, -0.15) is 0 Å². The lowest BCUT2D eigenvalue weighted by Gasteiger charge is -2.15. The summed E-state index contributed by atoms with van der Waals surface area (Å²) in [5.74, 6) is 0.213. The highest BCUT2D eigenvalue weighted by molar-refractivity contribution is 5.94. The fourth-order valence-electron chi connectivity index (χ4n) is 2.10. The lowest BCUT2D eigenvalue weighted by atomic mass is 10.1. The molecule has 17 heavy (non-hydrogen) atoms. The van der Waals surface area contributed by atoms with Crippen LogP contribution in [-0.2, 0) is 4.79 Å². The van der Waals surface area contributed by atoms with Gasteiger partial charge in [0.2, 0.25) is 0 Å². The molecule has 0 aromatic heterocycles. The summed E-state index contributed by atoms with van der Waals surface area (Å²) in [6.07, 6.45) is 0.559. The van der Waals surface area contributed by atoms with Gasteiger partial charge in [-0.3, -0.25) is 4.79 Å². The van der Waals surface area contributed by atoms with Gasteiger partial charge in [0.1, 0.15) is 5.78 Å². The molecule has 1 N–H and O–H groups in total. The van der Waals surface area contributed by atoms with Crippen molar-refractivity contribution in [3.63, 3.8) is 0 Å². The lowest BCUT2D eigenvalue weighted by Crippen LogP contribution is -2.18. The van der Waals surface area contributed by atoms with E-state index in [1.807, 2.05) is 25.1 Å². The Kier molecular flexibility index (Phi) is 3.43. The average molecular weight is 227 g/mol. The third-order valence-electron chi connectivity index (χ3n) is 2.79. The van der Waals surface area contributed by atoms with Crippen LogP contribution < -0.4 is 5.32 Å². The average Bonchev–Trinajstić information content (AvgIpc) is 2.28. The normalized spacial score (nSPS) is 12.4. The van der Waals surface area contributed by atoms with Gasteiger partial charge in [-0.25, -0.2) is 0 Å². The second kappa shape index (κ2) is 5.00. The highest BCUT2D eigenvalue weighted by Crippen LogP contribution is 2.23. The first-order chi connectivity index (χ1) is 8.16. The van der Waals surface area contributed by atoms with Crippen molar-refractivity contribution in [2.75, 3.05) is 5.32 Å². The smallest absolute Gasteiger partial charge is 0.131 e. The summed E-state index contributed by atoms with van der Waals surface area (Å²) in [4.78, 5) is 11.1. The summed E-state index contributed by atoms with van der Waals surface area (Å²) in [5.41, 5.74) is 1.09. The Labute approximate surface area is 102 Å². The van der Waals surface area contributed by atoms with Crippen LogP contribution in [0.2, 0.25) is 0 Å². The van der Waals surface area contributed by atoms with Crippen LogP contribution in [0.25, 0.3) is 10.8 Å². The summed E-state index contributed by atoms with van der Waals surface area (Å²) in [6, 6.07) is 14.6. The molecule has 0 aliphatic rings. The van der Waals surface area contributed by atoms with E-state index >= 15 is 0 Å². The first-order valence-corrected chi connectivity index (χ1v) is 5.90. The maximum atomic E-state index is 11.1. The Morgan fingerprint density at radius 2 is 1.88 bits per heavy atom. The summed E-state index contributed by atoms with van der Waals surface area (Å²) in [5, 5.41) is 5.81. The molecule has 2 aromatic carbocycles. The van der Waals surface area contributed by atoms with Crippen molar-refractivity contribution in [3.8, 4) is 0 Å². The standard InChI is InChI=1S/C15H17NO/c1-11(10-12(2)17)16-15-9-5-7-13-6-3-4-8-14(13)15/h3-9,11,16H,10H2,1-2H3. The number of carbonyl (C=O) groups is 1. The monoisotopic (exact) mass is 227 g/mol. The minimum absolute atomic E-state index is 0.165. The van der Waals surface area contributed by atoms with E-state index in [9.17, 15) is 4.79 Å². The second-order valence-electron chi connectivity index (χ2n) is 4.48. The van der Waals surface area contributed by atoms with E-state index in [1.54, 1.807) is 6.92 Å². The molecule has 2 rings (SSSR count). The highest BCUT2D eigenvalue weighted by Gasteiger charge is 2.06. The number of ketones is 1. The molecule has 0 radical (unpaired) electrons. The molecule has 0 bridgehead atoms. The molecule has 2 nitrogen and oxygen atoms in total. The first-order valence-electron chi connectivity index (χ1n) is 5.90. The topological polar surface area (TPSA) is 29.1 Å². The zero-order valence-electron chi connectivity index (χ0n) is 10.2. The highest BCUT2D eigenvalue weighted by atomic mass is 16.1. The van der Waals surface area contributed by atoms with Crippen LogP contribution in [0.1, 0.15) is 20.3 Å². The maximum Gasteiger partial charge on any atom is 0.131 e. The minimum atomic E-state index is 0.165. The van der Waals surface area contributed by atoms with Crippen molar-refractivity contribution >= 4 is 22.2 Å². The SMILES string of the molecule is CC(=O)CC(C)Nc1cccc2ccccc12. The molecule has 0 amide bonds. The molecule has 0 spiro atoms. The van der Waals surface area contributed by atoms with Crippen LogP contribution in [-0.4, -0.2) is 11.8 Å². The molecule has 2 heteroatoms. The minimum Gasteiger partial charge on any atom is -0.382 e. The van der Waals surface area contributed by atoms with Crippen molar-refractivity contribution in [2.24, 2.45) is 0 Å². The molecule has 1 unspecified atom stereocenters. The number of hydrogen-bond donors (Lipinski definition) is 1. The largest absolute Gasteiger partial charge is 0.382 e. The van der Waals surface area contributed by atoms with E-state index in [-0.39, 0.29) is 11.8 Å². The molecule has 0 aliphatic heterocycles. The Morgan fingerprint density at radius 3 is 2.65 bits per heavy atom. The molecule has 0 saturated heterocycles. The Hall–Kier alpha value is -1.83. The van der Waals surface area contributed by atoms with E-state index in [0.29, 0.717) is 6.42 Å². The second-order valence-corrected chi connectivity index (χ2v) is 4.48. The molecule has 0 heterocycles. The van der Waals surface area contributed by atoms with Crippen LogP contribution in [0, 0.1) is 0 Å². The van der Waals surface area contributed by atoms with Gasteiger partial charge in [0.15, 0.2) is 0 Å². The predicted octanol–water partition coefficient (Wildman–Crippen LogP) is 3.62. The number of anilines is 1. The van der Waals surface area contributed by atoms with Crippen molar-refractivity contribution in [1.82, 2.24) is 0 Å². The first kappa shape index (κ1) is 11.6. The lowest BCUT2D eigenvalue weighted by molar-refractivity contribution is -0.117. The molecule has 0 fully saturated rings. The molecule has 1 atom stereocenters. The quantitative estimate of drug-likeness (QED) is 0.864. The molecular weight excluding hydrogens is 210 g/mol. The summed E-state index contributed by atoms with van der Waals surface area (Å²) in [7, 11) is 0. The predicted molar refractivity (Wildman–Crippen MR) is 72.3 cm³/mol. The van der Waals surface area contributed by atoms with E-state index in [0.717, 1.165) is 5.69 Å². The molecule has 0 saturated carbocycles. The van der Waals surface area contributed by atoms with E-state index in [2.05, 4.69) is 29.6 Å². The number of carbonyl (C=O) groups excluding carboxylic acids is 1. The van der Waals surface area contributed by atoms with Gasteiger partial charge in [-0.05, 0) is 25.3 Å². The van der Waals surface area contributed by atoms with Crippen molar-refractivity contribution in [1.29, 1.82) is 0 Å². The number of fused-ring (bicyclic) bond motifs is 1. The van der Waals surface area contributed by atoms with Gasteiger partial charge < -0.3 is 5.32 Å². The molecular formula is C15H17NO. The zero-order valence-corrected chi connectivity index (χ0v) is 10.2.